The van der Waals surface area contributed by atoms with Crippen LogP contribution in [0.15, 0.2) is 24.5 Å². The van der Waals surface area contributed by atoms with Crippen molar-refractivity contribution in [1.29, 1.82) is 0 Å². The normalized spacial score (nSPS) is 21.4. The quantitative estimate of drug-likeness (QED) is 0.851. The van der Waals surface area contributed by atoms with Crippen LogP contribution < -0.4 is 5.73 Å². The van der Waals surface area contributed by atoms with Gasteiger partial charge in [-0.25, -0.2) is 4.98 Å². The number of hydrogen-bond donors (Lipinski definition) is 1. The number of pyridine rings is 1. The first kappa shape index (κ1) is 10.6. The summed E-state index contributed by atoms with van der Waals surface area (Å²) in [5.74, 6) is 0. The molecule has 2 aromatic heterocycles. The van der Waals surface area contributed by atoms with Crippen molar-refractivity contribution in [2.24, 2.45) is 0 Å². The molecule has 0 spiro atoms. The van der Waals surface area contributed by atoms with Crippen LogP contribution in [0.5, 0.6) is 0 Å². The maximum Gasteiger partial charge on any atom is 0.137 e. The maximum absolute atomic E-state index is 5.76. The van der Waals surface area contributed by atoms with Crippen LogP contribution in [0, 0.1) is 0 Å². The fourth-order valence-electron chi connectivity index (χ4n) is 2.64. The third kappa shape index (κ3) is 2.00. The molecule has 0 aromatic carbocycles. The zero-order valence-electron chi connectivity index (χ0n) is 10.1. The van der Waals surface area contributed by atoms with Crippen molar-refractivity contribution >= 4 is 11.3 Å². The number of fused-ring (bicyclic) bond motifs is 1. The molecule has 4 nitrogen and oxygen atoms in total. The molecule has 2 N–H and O–H groups in total. The Kier molecular flexibility index (Phi) is 2.52. The molecular formula is C13H18N4. The highest BCUT2D eigenvalue weighted by molar-refractivity contribution is 5.48. The molecule has 1 unspecified atom stereocenters. The molecule has 1 aliphatic heterocycles. The highest BCUT2D eigenvalue weighted by Crippen LogP contribution is 2.19. The Morgan fingerprint density at radius 1 is 1.41 bits per heavy atom. The summed E-state index contributed by atoms with van der Waals surface area (Å²) in [5, 5.41) is 0. The van der Waals surface area contributed by atoms with E-state index in [1.54, 1.807) is 0 Å². The summed E-state index contributed by atoms with van der Waals surface area (Å²) >= 11 is 0. The molecule has 4 heteroatoms. The topological polar surface area (TPSA) is 46.6 Å². The summed E-state index contributed by atoms with van der Waals surface area (Å²) in [6.07, 6.45) is 7.65. The molecule has 3 rings (SSSR count). The van der Waals surface area contributed by atoms with Crippen LogP contribution in [0.1, 0.15) is 18.5 Å². The van der Waals surface area contributed by atoms with Crippen molar-refractivity contribution in [3.05, 3.63) is 30.2 Å². The number of imidazole rings is 1. The van der Waals surface area contributed by atoms with Gasteiger partial charge >= 0.3 is 0 Å². The van der Waals surface area contributed by atoms with Gasteiger partial charge < -0.3 is 15.0 Å². The summed E-state index contributed by atoms with van der Waals surface area (Å²) in [6, 6.07) is 4.52. The lowest BCUT2D eigenvalue weighted by atomic mass is 10.1. The lowest BCUT2D eigenvalue weighted by molar-refractivity contribution is 0.308. The first-order valence-electron chi connectivity index (χ1n) is 6.16. The van der Waals surface area contributed by atoms with Crippen molar-refractivity contribution in [1.82, 2.24) is 14.3 Å². The van der Waals surface area contributed by atoms with Crippen LogP contribution >= 0.6 is 0 Å². The van der Waals surface area contributed by atoms with E-state index in [1.165, 1.54) is 19.4 Å². The van der Waals surface area contributed by atoms with Crippen LogP contribution in [-0.2, 0) is 6.42 Å². The molecule has 1 aliphatic rings. The standard InChI is InChI=1S/C13H18N4/c1-16-6-2-3-12(16)7-11-9-17-8-10(14)4-5-13(17)15-11/h4-5,8-9,12H,2-3,6-7,14H2,1H3. The number of likely N-dealkylation sites (N-methyl/N-ethyl adjacent to an activating group) is 1. The first-order chi connectivity index (χ1) is 8.22. The van der Waals surface area contributed by atoms with Crippen molar-refractivity contribution in [2.75, 3.05) is 19.3 Å². The van der Waals surface area contributed by atoms with Gasteiger partial charge in [-0.3, -0.25) is 0 Å². The van der Waals surface area contributed by atoms with E-state index in [0.29, 0.717) is 6.04 Å². The Balaban J connectivity index is 1.85. The summed E-state index contributed by atoms with van der Waals surface area (Å²) in [6.45, 7) is 1.21. The van der Waals surface area contributed by atoms with Crippen LogP contribution in [0.25, 0.3) is 5.65 Å². The Bertz CT molecular complexity index is 531. The molecule has 0 aliphatic carbocycles. The lowest BCUT2D eigenvalue weighted by Crippen LogP contribution is -2.26. The Morgan fingerprint density at radius 3 is 3.06 bits per heavy atom. The first-order valence-corrected chi connectivity index (χ1v) is 6.16. The Morgan fingerprint density at radius 2 is 2.29 bits per heavy atom. The fourth-order valence-corrected chi connectivity index (χ4v) is 2.64. The van der Waals surface area contributed by atoms with Crippen molar-refractivity contribution in [3.63, 3.8) is 0 Å². The summed E-state index contributed by atoms with van der Waals surface area (Å²) in [5.41, 5.74) is 8.68. The Hall–Kier alpha value is -1.55. The van der Waals surface area contributed by atoms with Gasteiger partial charge in [-0.2, -0.15) is 0 Å². The molecule has 3 heterocycles. The number of nitrogens with two attached hydrogens (primary N) is 1. The van der Waals surface area contributed by atoms with Gasteiger partial charge in [-0.15, -0.1) is 0 Å². The number of rotatable bonds is 2. The molecule has 1 saturated heterocycles. The number of hydrogen-bond acceptors (Lipinski definition) is 3. The molecule has 0 amide bonds. The maximum atomic E-state index is 5.76. The number of anilines is 1. The Labute approximate surface area is 101 Å². The van der Waals surface area contributed by atoms with Gasteiger partial charge in [0.05, 0.1) is 5.69 Å². The van der Waals surface area contributed by atoms with Crippen LogP contribution in [0.2, 0.25) is 0 Å². The van der Waals surface area contributed by atoms with Crippen LogP contribution in [0.3, 0.4) is 0 Å². The lowest BCUT2D eigenvalue weighted by Gasteiger charge is -2.17. The molecule has 1 fully saturated rings. The predicted octanol–water partition coefficient (Wildman–Crippen LogP) is 1.55. The average Bonchev–Trinajstić information content (AvgIpc) is 2.85. The van der Waals surface area contributed by atoms with Crippen molar-refractivity contribution in [3.8, 4) is 0 Å². The van der Waals surface area contributed by atoms with Crippen molar-refractivity contribution < 1.29 is 0 Å². The highest BCUT2D eigenvalue weighted by atomic mass is 15.1. The van der Waals surface area contributed by atoms with E-state index in [4.69, 9.17) is 5.73 Å². The molecule has 2 aromatic rings. The van der Waals surface area contributed by atoms with E-state index in [-0.39, 0.29) is 0 Å². The van der Waals surface area contributed by atoms with Gasteiger partial charge in [0.2, 0.25) is 0 Å². The average molecular weight is 230 g/mol. The van der Waals surface area contributed by atoms with Gasteiger partial charge in [0.15, 0.2) is 0 Å². The second-order valence-electron chi connectivity index (χ2n) is 4.94. The molecular weight excluding hydrogens is 212 g/mol. The minimum absolute atomic E-state index is 0.650. The monoisotopic (exact) mass is 230 g/mol. The predicted molar refractivity (Wildman–Crippen MR) is 69.0 cm³/mol. The molecule has 0 radical (unpaired) electrons. The van der Waals surface area contributed by atoms with Gasteiger partial charge in [-0.05, 0) is 38.6 Å². The van der Waals surface area contributed by atoms with E-state index >= 15 is 0 Å². The fraction of sp³-hybridized carbons (Fsp3) is 0.462. The zero-order chi connectivity index (χ0) is 11.8. The minimum Gasteiger partial charge on any atom is -0.398 e. The second-order valence-corrected chi connectivity index (χ2v) is 4.94. The van der Waals surface area contributed by atoms with Crippen molar-refractivity contribution in [2.45, 2.75) is 25.3 Å². The summed E-state index contributed by atoms with van der Waals surface area (Å²) < 4.78 is 2.01. The molecule has 17 heavy (non-hydrogen) atoms. The highest BCUT2D eigenvalue weighted by Gasteiger charge is 2.21. The molecule has 0 saturated carbocycles. The van der Waals surface area contributed by atoms with E-state index in [2.05, 4.69) is 23.1 Å². The molecule has 1 atom stereocenters. The summed E-state index contributed by atoms with van der Waals surface area (Å²) in [4.78, 5) is 7.06. The van der Waals surface area contributed by atoms with Gasteiger partial charge in [-0.1, -0.05) is 0 Å². The van der Waals surface area contributed by atoms with Crippen LogP contribution in [-0.4, -0.2) is 33.9 Å². The minimum atomic E-state index is 0.650. The largest absolute Gasteiger partial charge is 0.398 e. The summed E-state index contributed by atoms with van der Waals surface area (Å²) in [7, 11) is 2.20. The van der Waals surface area contributed by atoms with Gasteiger partial charge in [0.25, 0.3) is 0 Å². The SMILES string of the molecule is CN1CCCC1Cc1cn2cc(N)ccc2n1. The zero-order valence-corrected chi connectivity index (χ0v) is 10.1. The second kappa shape index (κ2) is 4.04. The third-order valence-corrected chi connectivity index (χ3v) is 3.64. The molecule has 0 bridgehead atoms. The number of aromatic nitrogens is 2. The molecule has 90 valence electrons. The van der Waals surface area contributed by atoms with Gasteiger partial charge in [0.1, 0.15) is 5.65 Å². The van der Waals surface area contributed by atoms with Gasteiger partial charge in [0, 0.05) is 30.5 Å². The number of likely N-dealkylation sites (tertiary alicyclic amines) is 1. The van der Waals surface area contributed by atoms with E-state index in [0.717, 1.165) is 23.4 Å². The number of nitrogens with zero attached hydrogens (tertiary/aromatic N) is 3. The van der Waals surface area contributed by atoms with E-state index in [1.807, 2.05) is 22.7 Å². The van der Waals surface area contributed by atoms with E-state index < -0.39 is 0 Å². The number of nitrogen functional groups attached to an aromatic ring is 1. The van der Waals surface area contributed by atoms with E-state index in [9.17, 15) is 0 Å². The smallest absolute Gasteiger partial charge is 0.137 e. The third-order valence-electron chi connectivity index (χ3n) is 3.64. The van der Waals surface area contributed by atoms with Crippen LogP contribution in [0.4, 0.5) is 5.69 Å².